The number of benzene rings is 1. The van der Waals surface area contributed by atoms with Crippen molar-refractivity contribution in [2.24, 2.45) is 5.92 Å². The van der Waals surface area contributed by atoms with Crippen LogP contribution in [0.3, 0.4) is 0 Å². The topological polar surface area (TPSA) is 73.1 Å². The summed E-state index contributed by atoms with van der Waals surface area (Å²) >= 11 is 0. The Bertz CT molecular complexity index is 1040. The largest absolute Gasteiger partial charge is 0.497 e. The molecule has 148 valence electrons. The van der Waals surface area contributed by atoms with E-state index in [0.29, 0.717) is 19.5 Å². The number of rotatable bonds is 4. The summed E-state index contributed by atoms with van der Waals surface area (Å²) in [5.74, 6) is 1.86. The average Bonchev–Trinajstić information content (AvgIpc) is 3.39. The van der Waals surface area contributed by atoms with Gasteiger partial charge in [0.2, 0.25) is 5.91 Å². The fourth-order valence-electron chi connectivity index (χ4n) is 4.20. The Kier molecular flexibility index (Phi) is 4.50. The highest BCUT2D eigenvalue weighted by Gasteiger charge is 2.32. The second-order valence-electron chi connectivity index (χ2n) is 7.71. The highest BCUT2D eigenvalue weighted by atomic mass is 16.5. The monoisotopic (exact) mass is 389 g/mol. The molecule has 2 aromatic heterocycles. The van der Waals surface area contributed by atoms with Crippen LogP contribution in [-0.2, 0) is 37.3 Å². The molecule has 2 aliphatic heterocycles. The molecule has 7 nitrogen and oxygen atoms in total. The van der Waals surface area contributed by atoms with Crippen LogP contribution in [-0.4, -0.2) is 37.7 Å². The predicted octanol–water partition coefficient (Wildman–Crippen LogP) is 2.38. The first-order chi connectivity index (χ1) is 14.2. The molecule has 0 spiro atoms. The van der Waals surface area contributed by atoms with E-state index in [2.05, 4.69) is 10.1 Å². The lowest BCUT2D eigenvalue weighted by Gasteiger charge is -2.26. The first kappa shape index (κ1) is 17.8. The van der Waals surface area contributed by atoms with Gasteiger partial charge in [-0.2, -0.15) is 5.10 Å². The molecule has 1 unspecified atom stereocenters. The lowest BCUT2D eigenvalue weighted by atomic mass is 9.95. The van der Waals surface area contributed by atoms with Gasteiger partial charge in [-0.15, -0.1) is 0 Å². The van der Waals surface area contributed by atoms with Crippen molar-refractivity contribution in [3.63, 3.8) is 0 Å². The number of methoxy groups -OCH3 is 1. The standard InChI is InChI=1S/C22H23N5O2/c1-29-19-4-2-15(3-5-19)10-21-23-12-17-13-26(14-20(17)25-21)22(28)16-7-9-27-18(11-16)6-8-24-27/h2-6,8,12,16H,7,9-11,13-14H2,1H3. The average molecular weight is 389 g/mol. The lowest BCUT2D eigenvalue weighted by molar-refractivity contribution is -0.136. The number of hydrogen-bond acceptors (Lipinski definition) is 5. The molecule has 0 saturated carbocycles. The summed E-state index contributed by atoms with van der Waals surface area (Å²) in [4.78, 5) is 24.3. The van der Waals surface area contributed by atoms with Crippen LogP contribution in [0.15, 0.2) is 42.7 Å². The normalized spacial score (nSPS) is 17.7. The van der Waals surface area contributed by atoms with Crippen molar-refractivity contribution in [2.45, 2.75) is 38.9 Å². The number of nitrogens with zero attached hydrogens (tertiary/aromatic N) is 5. The maximum absolute atomic E-state index is 13.1. The SMILES string of the molecule is COc1ccc(Cc2ncc3c(n2)CN(C(=O)C2CCn4nccc4C2)C3)cc1. The third-order valence-corrected chi connectivity index (χ3v) is 5.84. The quantitative estimate of drug-likeness (QED) is 0.685. The maximum atomic E-state index is 13.1. The molecule has 0 bridgehead atoms. The number of ether oxygens (including phenoxy) is 1. The van der Waals surface area contributed by atoms with Crippen LogP contribution in [0.5, 0.6) is 5.75 Å². The molecule has 5 rings (SSSR count). The molecule has 29 heavy (non-hydrogen) atoms. The molecule has 4 heterocycles. The number of aromatic nitrogens is 4. The van der Waals surface area contributed by atoms with Gasteiger partial charge in [0.05, 0.1) is 19.3 Å². The van der Waals surface area contributed by atoms with E-state index in [0.717, 1.165) is 53.5 Å². The molecule has 2 aliphatic rings. The van der Waals surface area contributed by atoms with Gasteiger partial charge in [-0.3, -0.25) is 9.48 Å². The van der Waals surface area contributed by atoms with E-state index in [1.54, 1.807) is 7.11 Å². The van der Waals surface area contributed by atoms with Gasteiger partial charge in [0.1, 0.15) is 11.6 Å². The molecule has 0 radical (unpaired) electrons. The molecule has 1 atom stereocenters. The smallest absolute Gasteiger partial charge is 0.226 e. The van der Waals surface area contributed by atoms with Gasteiger partial charge in [0.25, 0.3) is 0 Å². The summed E-state index contributed by atoms with van der Waals surface area (Å²) in [6, 6.07) is 9.95. The predicted molar refractivity (Wildman–Crippen MR) is 106 cm³/mol. The Morgan fingerprint density at radius 1 is 1.21 bits per heavy atom. The van der Waals surface area contributed by atoms with Crippen molar-refractivity contribution in [3.05, 3.63) is 71.1 Å². The van der Waals surface area contributed by atoms with Gasteiger partial charge < -0.3 is 9.64 Å². The van der Waals surface area contributed by atoms with Crippen molar-refractivity contribution in [1.29, 1.82) is 0 Å². The first-order valence-electron chi connectivity index (χ1n) is 9.95. The molecule has 0 saturated heterocycles. The number of carbonyl (C=O) groups excluding carboxylic acids is 1. The summed E-state index contributed by atoms with van der Waals surface area (Å²) in [6.07, 6.45) is 5.96. The van der Waals surface area contributed by atoms with Crippen molar-refractivity contribution in [1.82, 2.24) is 24.6 Å². The molecule has 1 amide bonds. The molecular formula is C22H23N5O2. The van der Waals surface area contributed by atoms with Crippen molar-refractivity contribution >= 4 is 5.91 Å². The van der Waals surface area contributed by atoms with Gasteiger partial charge in [0, 0.05) is 55.5 Å². The third-order valence-electron chi connectivity index (χ3n) is 5.84. The van der Waals surface area contributed by atoms with Gasteiger partial charge >= 0.3 is 0 Å². The van der Waals surface area contributed by atoms with Gasteiger partial charge in [0.15, 0.2) is 0 Å². The van der Waals surface area contributed by atoms with Crippen LogP contribution in [0.25, 0.3) is 0 Å². The fraction of sp³-hybridized carbons (Fsp3) is 0.364. The van der Waals surface area contributed by atoms with Crippen LogP contribution >= 0.6 is 0 Å². The molecule has 7 heteroatoms. The maximum Gasteiger partial charge on any atom is 0.226 e. The summed E-state index contributed by atoms with van der Waals surface area (Å²) < 4.78 is 7.20. The molecular weight excluding hydrogens is 366 g/mol. The zero-order valence-electron chi connectivity index (χ0n) is 16.4. The van der Waals surface area contributed by atoms with E-state index < -0.39 is 0 Å². The third kappa shape index (κ3) is 3.48. The molecule has 0 fully saturated rings. The minimum absolute atomic E-state index is 0.0280. The Hall–Kier alpha value is -3.22. The Balaban J connectivity index is 1.26. The highest BCUT2D eigenvalue weighted by Crippen LogP contribution is 2.27. The Morgan fingerprint density at radius 2 is 2.07 bits per heavy atom. The summed E-state index contributed by atoms with van der Waals surface area (Å²) in [6.45, 7) is 1.99. The molecule has 3 aromatic rings. The van der Waals surface area contributed by atoms with E-state index >= 15 is 0 Å². The zero-order valence-corrected chi connectivity index (χ0v) is 16.4. The minimum atomic E-state index is 0.0280. The van der Waals surface area contributed by atoms with Gasteiger partial charge in [-0.05, 0) is 30.2 Å². The van der Waals surface area contributed by atoms with Crippen LogP contribution in [0.1, 0.15) is 34.8 Å². The Labute approximate surface area is 169 Å². The number of fused-ring (bicyclic) bond motifs is 2. The molecule has 1 aromatic carbocycles. The van der Waals surface area contributed by atoms with E-state index in [-0.39, 0.29) is 11.8 Å². The molecule has 0 aliphatic carbocycles. The van der Waals surface area contributed by atoms with E-state index in [4.69, 9.17) is 9.72 Å². The highest BCUT2D eigenvalue weighted by molar-refractivity contribution is 5.79. The number of hydrogen-bond donors (Lipinski definition) is 0. The van der Waals surface area contributed by atoms with Gasteiger partial charge in [-0.1, -0.05) is 12.1 Å². The van der Waals surface area contributed by atoms with Gasteiger partial charge in [-0.25, -0.2) is 9.97 Å². The summed E-state index contributed by atoms with van der Waals surface area (Å²) in [5, 5.41) is 4.30. The van der Waals surface area contributed by atoms with Crippen LogP contribution in [0.2, 0.25) is 0 Å². The molecule has 0 N–H and O–H groups in total. The van der Waals surface area contributed by atoms with Crippen LogP contribution in [0, 0.1) is 5.92 Å². The summed E-state index contributed by atoms with van der Waals surface area (Å²) in [7, 11) is 1.66. The fourth-order valence-corrected chi connectivity index (χ4v) is 4.20. The minimum Gasteiger partial charge on any atom is -0.497 e. The first-order valence-corrected chi connectivity index (χ1v) is 9.95. The van der Waals surface area contributed by atoms with Crippen molar-refractivity contribution < 1.29 is 9.53 Å². The van der Waals surface area contributed by atoms with Crippen molar-refractivity contribution in [3.8, 4) is 5.75 Å². The van der Waals surface area contributed by atoms with E-state index in [1.165, 1.54) is 0 Å². The van der Waals surface area contributed by atoms with Crippen molar-refractivity contribution in [2.75, 3.05) is 7.11 Å². The van der Waals surface area contributed by atoms with Crippen LogP contribution < -0.4 is 4.74 Å². The zero-order chi connectivity index (χ0) is 19.8. The number of carbonyl (C=O) groups is 1. The summed E-state index contributed by atoms with van der Waals surface area (Å²) in [5.41, 5.74) is 4.30. The number of aryl methyl sites for hydroxylation is 1. The second-order valence-corrected chi connectivity index (χ2v) is 7.71. The van der Waals surface area contributed by atoms with E-state index in [9.17, 15) is 4.79 Å². The number of amides is 1. The van der Waals surface area contributed by atoms with E-state index in [1.807, 2.05) is 52.3 Å². The Morgan fingerprint density at radius 3 is 2.90 bits per heavy atom. The van der Waals surface area contributed by atoms with Crippen LogP contribution in [0.4, 0.5) is 0 Å². The second kappa shape index (κ2) is 7.31. The lowest BCUT2D eigenvalue weighted by Crippen LogP contribution is -2.36.